The van der Waals surface area contributed by atoms with Gasteiger partial charge in [-0.15, -0.1) is 6.58 Å². The lowest BCUT2D eigenvalue weighted by Gasteiger charge is -2.05. The number of aliphatic carboxylic acids is 2. The molecule has 0 bridgehead atoms. The van der Waals surface area contributed by atoms with E-state index in [2.05, 4.69) is 6.58 Å². The van der Waals surface area contributed by atoms with E-state index in [1.165, 1.54) is 6.08 Å². The van der Waals surface area contributed by atoms with E-state index in [4.69, 9.17) is 10.2 Å². The third-order valence-electron chi connectivity index (χ3n) is 2.01. The molecule has 4 heteroatoms. The molecule has 0 spiro atoms. The number of carbonyl (C=O) groups is 2. The number of carboxylic acids is 2. The fraction of sp³-hybridized carbons (Fsp3) is 0.600. The highest BCUT2D eigenvalue weighted by Gasteiger charge is 2.11. The van der Waals surface area contributed by atoms with Crippen molar-refractivity contribution in [3.63, 3.8) is 0 Å². The number of rotatable bonds is 8. The molecule has 0 radical (unpaired) electrons. The molecule has 0 fully saturated rings. The zero-order valence-corrected chi connectivity index (χ0v) is 8.11. The highest BCUT2D eigenvalue weighted by atomic mass is 16.4. The average molecular weight is 200 g/mol. The molecule has 0 aliphatic carbocycles. The largest absolute Gasteiger partial charge is 0.481 e. The maximum Gasteiger partial charge on any atom is 0.310 e. The van der Waals surface area contributed by atoms with Crippen LogP contribution in [0, 0.1) is 5.92 Å². The molecule has 0 saturated heterocycles. The van der Waals surface area contributed by atoms with Crippen molar-refractivity contribution in [2.24, 2.45) is 5.92 Å². The smallest absolute Gasteiger partial charge is 0.310 e. The molecule has 0 aliphatic heterocycles. The Hall–Kier alpha value is -1.32. The van der Waals surface area contributed by atoms with E-state index in [1.807, 2.05) is 0 Å². The van der Waals surface area contributed by atoms with Crippen molar-refractivity contribution in [3.8, 4) is 0 Å². The zero-order chi connectivity index (χ0) is 11.0. The summed E-state index contributed by atoms with van der Waals surface area (Å²) in [5.41, 5.74) is 0. The molecule has 0 aromatic carbocycles. The minimum atomic E-state index is -0.863. The summed E-state index contributed by atoms with van der Waals surface area (Å²) in [5.74, 6) is -2.17. The first-order valence-corrected chi connectivity index (χ1v) is 4.65. The quantitative estimate of drug-likeness (QED) is 0.463. The van der Waals surface area contributed by atoms with Crippen LogP contribution in [0.5, 0.6) is 0 Å². The Labute approximate surface area is 83.2 Å². The van der Waals surface area contributed by atoms with Crippen LogP contribution in [0.3, 0.4) is 0 Å². The first-order chi connectivity index (χ1) is 6.57. The number of carboxylic acid groups (broad SMARTS) is 2. The maximum atomic E-state index is 10.5. The Morgan fingerprint density at radius 2 is 1.86 bits per heavy atom. The van der Waals surface area contributed by atoms with Gasteiger partial charge in [0, 0.05) is 6.42 Å². The molecule has 1 atom stereocenters. The van der Waals surface area contributed by atoms with Gasteiger partial charge in [-0.2, -0.15) is 0 Å². The zero-order valence-electron chi connectivity index (χ0n) is 8.11. The maximum absolute atomic E-state index is 10.5. The van der Waals surface area contributed by atoms with Crippen molar-refractivity contribution in [1.82, 2.24) is 0 Å². The van der Waals surface area contributed by atoms with Crippen molar-refractivity contribution in [1.29, 1.82) is 0 Å². The molecule has 80 valence electrons. The Kier molecular flexibility index (Phi) is 6.45. The van der Waals surface area contributed by atoms with Gasteiger partial charge >= 0.3 is 11.9 Å². The van der Waals surface area contributed by atoms with Crippen LogP contribution < -0.4 is 0 Å². The van der Waals surface area contributed by atoms with Gasteiger partial charge in [-0.3, -0.25) is 9.59 Å². The topological polar surface area (TPSA) is 74.6 Å². The average Bonchev–Trinajstić information content (AvgIpc) is 2.10. The molecule has 0 rings (SSSR count). The lowest BCUT2D eigenvalue weighted by Crippen LogP contribution is -2.10. The van der Waals surface area contributed by atoms with E-state index < -0.39 is 17.9 Å². The summed E-state index contributed by atoms with van der Waals surface area (Å²) in [6, 6.07) is 0. The lowest BCUT2D eigenvalue weighted by atomic mass is 10.0. The number of unbranched alkanes of at least 4 members (excludes halogenated alkanes) is 2. The number of hydrogen-bond acceptors (Lipinski definition) is 2. The van der Waals surface area contributed by atoms with Crippen molar-refractivity contribution >= 4 is 11.9 Å². The summed E-state index contributed by atoms with van der Waals surface area (Å²) >= 11 is 0. The van der Waals surface area contributed by atoms with Gasteiger partial charge in [0.1, 0.15) is 0 Å². The third-order valence-corrected chi connectivity index (χ3v) is 2.01. The predicted octanol–water partition coefficient (Wildman–Crippen LogP) is 1.91. The van der Waals surface area contributed by atoms with Crippen molar-refractivity contribution in [2.45, 2.75) is 32.1 Å². The molecule has 0 saturated carbocycles. The van der Waals surface area contributed by atoms with Crippen LogP contribution in [0.25, 0.3) is 0 Å². The second-order valence-corrected chi connectivity index (χ2v) is 3.17. The molecule has 0 heterocycles. The molecule has 0 aromatic rings. The summed E-state index contributed by atoms with van der Waals surface area (Å²) in [4.78, 5) is 20.7. The highest BCUT2D eigenvalue weighted by Crippen LogP contribution is 2.11. The monoisotopic (exact) mass is 200 g/mol. The summed E-state index contributed by atoms with van der Waals surface area (Å²) < 4.78 is 0. The van der Waals surface area contributed by atoms with Crippen molar-refractivity contribution in [2.75, 3.05) is 0 Å². The summed E-state index contributed by atoms with van der Waals surface area (Å²) in [6.45, 7) is 3.43. The Balaban J connectivity index is 3.47. The van der Waals surface area contributed by atoms with Gasteiger partial charge in [0.2, 0.25) is 0 Å². The first-order valence-electron chi connectivity index (χ1n) is 4.65. The van der Waals surface area contributed by atoms with Gasteiger partial charge in [-0.25, -0.2) is 0 Å². The standard InChI is InChI=1S/C10H16O4/c1-2-8(10(13)14)6-4-3-5-7-9(11)12/h2,8H,1,3-7H2,(H,11,12)(H,13,14). The summed E-state index contributed by atoms with van der Waals surface area (Å²) in [6.07, 6.45) is 4.21. The lowest BCUT2D eigenvalue weighted by molar-refractivity contribution is -0.140. The molecular formula is C10H16O4. The fourth-order valence-electron chi connectivity index (χ4n) is 1.16. The van der Waals surface area contributed by atoms with Gasteiger partial charge in [-0.05, 0) is 12.8 Å². The fourth-order valence-corrected chi connectivity index (χ4v) is 1.16. The van der Waals surface area contributed by atoms with E-state index in [0.717, 1.165) is 12.8 Å². The van der Waals surface area contributed by atoms with Crippen LogP contribution in [0.1, 0.15) is 32.1 Å². The van der Waals surface area contributed by atoms with Crippen molar-refractivity contribution in [3.05, 3.63) is 12.7 Å². The number of hydrogen-bond donors (Lipinski definition) is 2. The van der Waals surface area contributed by atoms with Gasteiger partial charge in [0.25, 0.3) is 0 Å². The molecule has 1 unspecified atom stereocenters. The van der Waals surface area contributed by atoms with Crippen LogP contribution in [0.4, 0.5) is 0 Å². The summed E-state index contributed by atoms with van der Waals surface area (Å²) in [7, 11) is 0. The van der Waals surface area contributed by atoms with Crippen LogP contribution >= 0.6 is 0 Å². The Morgan fingerprint density at radius 3 is 2.29 bits per heavy atom. The summed E-state index contributed by atoms with van der Waals surface area (Å²) in [5, 5.41) is 17.0. The Bertz CT molecular complexity index is 210. The SMILES string of the molecule is C=CC(CCCCCC(=O)O)C(=O)O. The minimum Gasteiger partial charge on any atom is -0.481 e. The van der Waals surface area contributed by atoms with E-state index in [9.17, 15) is 9.59 Å². The second-order valence-electron chi connectivity index (χ2n) is 3.17. The Morgan fingerprint density at radius 1 is 1.21 bits per heavy atom. The minimum absolute atomic E-state index is 0.159. The highest BCUT2D eigenvalue weighted by molar-refractivity contribution is 5.71. The van der Waals surface area contributed by atoms with E-state index >= 15 is 0 Å². The molecule has 14 heavy (non-hydrogen) atoms. The molecule has 0 amide bonds. The van der Waals surface area contributed by atoms with Gasteiger partial charge in [-0.1, -0.05) is 18.9 Å². The van der Waals surface area contributed by atoms with Crippen LogP contribution in [-0.4, -0.2) is 22.2 Å². The molecule has 0 aliphatic rings. The van der Waals surface area contributed by atoms with Crippen molar-refractivity contribution < 1.29 is 19.8 Å². The van der Waals surface area contributed by atoms with Crippen LogP contribution in [0.15, 0.2) is 12.7 Å². The van der Waals surface area contributed by atoms with Crippen LogP contribution in [0.2, 0.25) is 0 Å². The van der Waals surface area contributed by atoms with Gasteiger partial charge in [0.15, 0.2) is 0 Å². The molecule has 2 N–H and O–H groups in total. The predicted molar refractivity (Wildman–Crippen MR) is 52.0 cm³/mol. The van der Waals surface area contributed by atoms with Gasteiger partial charge in [0.05, 0.1) is 5.92 Å². The molecule has 0 aromatic heterocycles. The second kappa shape index (κ2) is 7.12. The van der Waals surface area contributed by atoms with E-state index in [1.54, 1.807) is 0 Å². The first kappa shape index (κ1) is 12.7. The molecular weight excluding hydrogens is 184 g/mol. The molecule has 4 nitrogen and oxygen atoms in total. The van der Waals surface area contributed by atoms with Gasteiger partial charge < -0.3 is 10.2 Å². The van der Waals surface area contributed by atoms with E-state index in [0.29, 0.717) is 12.8 Å². The van der Waals surface area contributed by atoms with Crippen LogP contribution in [-0.2, 0) is 9.59 Å². The normalized spacial score (nSPS) is 12.0. The third kappa shape index (κ3) is 6.22. The van der Waals surface area contributed by atoms with E-state index in [-0.39, 0.29) is 6.42 Å².